The van der Waals surface area contributed by atoms with E-state index in [0.717, 1.165) is 0 Å². The van der Waals surface area contributed by atoms with Crippen LogP contribution >= 0.6 is 28.3 Å². The molecule has 7 heteroatoms. The Morgan fingerprint density at radius 2 is 2.06 bits per heavy atom. The van der Waals surface area contributed by atoms with Gasteiger partial charge in [0.25, 0.3) is 0 Å². The summed E-state index contributed by atoms with van der Waals surface area (Å²) in [5.41, 5.74) is 11.6. The van der Waals surface area contributed by atoms with Crippen LogP contribution in [0.25, 0.3) is 0 Å². The highest BCUT2D eigenvalue weighted by Gasteiger charge is 2.16. The lowest BCUT2D eigenvalue weighted by Crippen LogP contribution is -2.16. The maximum Gasteiger partial charge on any atom is 0.335 e. The fraction of sp³-hybridized carbons (Fsp3) is 0.300. The number of phenolic OH excluding ortho intramolecular Hbond substituents is 1. The number of carboxylic acid groups (broad SMARTS) is 1. The Labute approximate surface area is 113 Å². The highest BCUT2D eigenvalue weighted by atomic mass is 79.9. The van der Waals surface area contributed by atoms with Crippen LogP contribution in [0, 0.1) is 0 Å². The number of aromatic hydroxyl groups is 1. The van der Waals surface area contributed by atoms with Crippen molar-refractivity contribution in [3.8, 4) is 5.75 Å². The van der Waals surface area contributed by atoms with Gasteiger partial charge in [-0.2, -0.15) is 0 Å². The Morgan fingerprint density at radius 1 is 1.47 bits per heavy atom. The molecule has 0 amide bonds. The Morgan fingerprint density at radius 3 is 2.53 bits per heavy atom. The van der Waals surface area contributed by atoms with Gasteiger partial charge in [0.15, 0.2) is 0 Å². The first-order valence-electron chi connectivity index (χ1n) is 4.68. The second-order valence-electron chi connectivity index (χ2n) is 3.38. The van der Waals surface area contributed by atoms with Crippen molar-refractivity contribution in [2.75, 3.05) is 6.54 Å². The first-order valence-corrected chi connectivity index (χ1v) is 5.48. The summed E-state index contributed by atoms with van der Waals surface area (Å²) in [5, 5.41) is 18.6. The Hall–Kier alpha value is -0.820. The van der Waals surface area contributed by atoms with Gasteiger partial charge in [0.05, 0.1) is 10.0 Å². The molecule has 1 rings (SSSR count). The summed E-state index contributed by atoms with van der Waals surface area (Å²) < 4.78 is 0.315. The second kappa shape index (κ2) is 6.80. The van der Waals surface area contributed by atoms with E-state index in [1.165, 1.54) is 12.1 Å². The van der Waals surface area contributed by atoms with Crippen LogP contribution in [-0.4, -0.2) is 22.7 Å². The summed E-state index contributed by atoms with van der Waals surface area (Å²) in [4.78, 5) is 10.8. The van der Waals surface area contributed by atoms with Crippen molar-refractivity contribution in [2.24, 2.45) is 11.5 Å². The van der Waals surface area contributed by atoms with Crippen molar-refractivity contribution < 1.29 is 15.0 Å². The van der Waals surface area contributed by atoms with Crippen LogP contribution in [0.3, 0.4) is 0 Å². The lowest BCUT2D eigenvalue weighted by atomic mass is 10.0. The fourth-order valence-electron chi connectivity index (χ4n) is 1.36. The SMILES string of the molecule is Cl.NCC[C@@H](N)c1cc(C(=O)O)cc(Br)c1O. The number of benzene rings is 1. The third-order valence-electron chi connectivity index (χ3n) is 2.22. The van der Waals surface area contributed by atoms with E-state index in [-0.39, 0.29) is 23.7 Å². The number of carbonyl (C=O) groups is 1. The van der Waals surface area contributed by atoms with E-state index in [4.69, 9.17) is 16.6 Å². The van der Waals surface area contributed by atoms with Crippen LogP contribution in [0.2, 0.25) is 0 Å². The van der Waals surface area contributed by atoms with E-state index in [9.17, 15) is 9.90 Å². The normalized spacial score (nSPS) is 11.7. The summed E-state index contributed by atoms with van der Waals surface area (Å²) in [6.45, 7) is 0.371. The third-order valence-corrected chi connectivity index (χ3v) is 2.82. The molecular formula is C10H14BrClN2O3. The number of hydrogen-bond acceptors (Lipinski definition) is 4. The molecule has 0 aliphatic heterocycles. The molecule has 0 fully saturated rings. The zero-order chi connectivity index (χ0) is 12.3. The molecule has 1 aromatic carbocycles. The van der Waals surface area contributed by atoms with Crippen LogP contribution < -0.4 is 11.5 Å². The third kappa shape index (κ3) is 3.85. The molecule has 0 heterocycles. The molecule has 0 saturated carbocycles. The van der Waals surface area contributed by atoms with Gasteiger partial charge in [-0.05, 0) is 41.0 Å². The molecule has 6 N–H and O–H groups in total. The Kier molecular flexibility index (Phi) is 6.48. The van der Waals surface area contributed by atoms with Crippen LogP contribution in [0.5, 0.6) is 5.75 Å². The second-order valence-corrected chi connectivity index (χ2v) is 4.24. The monoisotopic (exact) mass is 324 g/mol. The van der Waals surface area contributed by atoms with Gasteiger partial charge < -0.3 is 21.7 Å². The number of nitrogens with two attached hydrogens (primary N) is 2. The van der Waals surface area contributed by atoms with E-state index in [2.05, 4.69) is 15.9 Å². The van der Waals surface area contributed by atoms with Gasteiger partial charge in [-0.25, -0.2) is 4.79 Å². The molecule has 0 unspecified atom stereocenters. The number of carboxylic acids is 1. The first-order chi connectivity index (χ1) is 7.47. The van der Waals surface area contributed by atoms with Crippen LogP contribution in [0.15, 0.2) is 16.6 Å². The number of aromatic carboxylic acids is 1. The van der Waals surface area contributed by atoms with Gasteiger partial charge in [0.1, 0.15) is 5.75 Å². The average molecular weight is 326 g/mol. The lowest BCUT2D eigenvalue weighted by Gasteiger charge is -2.14. The minimum Gasteiger partial charge on any atom is -0.506 e. The Bertz CT molecular complexity index is 415. The smallest absolute Gasteiger partial charge is 0.335 e. The highest BCUT2D eigenvalue weighted by molar-refractivity contribution is 9.10. The molecule has 1 aromatic rings. The van der Waals surface area contributed by atoms with Crippen molar-refractivity contribution in [3.05, 3.63) is 27.7 Å². The fourth-order valence-corrected chi connectivity index (χ4v) is 1.84. The van der Waals surface area contributed by atoms with E-state index in [1.54, 1.807) is 0 Å². The average Bonchev–Trinajstić information content (AvgIpc) is 2.21. The summed E-state index contributed by atoms with van der Waals surface area (Å²) in [7, 11) is 0. The van der Waals surface area contributed by atoms with E-state index < -0.39 is 12.0 Å². The van der Waals surface area contributed by atoms with E-state index in [0.29, 0.717) is 23.0 Å². The topological polar surface area (TPSA) is 110 Å². The maximum atomic E-state index is 10.8. The molecule has 5 nitrogen and oxygen atoms in total. The summed E-state index contributed by atoms with van der Waals surface area (Å²) in [6.07, 6.45) is 0.475. The van der Waals surface area contributed by atoms with Crippen molar-refractivity contribution in [3.63, 3.8) is 0 Å². The predicted molar refractivity (Wildman–Crippen MR) is 70.6 cm³/mol. The molecule has 17 heavy (non-hydrogen) atoms. The van der Waals surface area contributed by atoms with Crippen LogP contribution in [0.4, 0.5) is 0 Å². The minimum atomic E-state index is -1.07. The molecule has 96 valence electrons. The lowest BCUT2D eigenvalue weighted by molar-refractivity contribution is 0.0696. The summed E-state index contributed by atoms with van der Waals surface area (Å²) >= 11 is 3.08. The molecule has 0 spiro atoms. The molecular weight excluding hydrogens is 311 g/mol. The van der Waals surface area contributed by atoms with Gasteiger partial charge in [-0.3, -0.25) is 0 Å². The molecule has 0 aromatic heterocycles. The van der Waals surface area contributed by atoms with Gasteiger partial charge in [0.2, 0.25) is 0 Å². The van der Waals surface area contributed by atoms with Gasteiger partial charge >= 0.3 is 5.97 Å². The zero-order valence-electron chi connectivity index (χ0n) is 8.89. The van der Waals surface area contributed by atoms with Crippen molar-refractivity contribution in [1.82, 2.24) is 0 Å². The van der Waals surface area contributed by atoms with Gasteiger partial charge in [0, 0.05) is 11.6 Å². The molecule has 0 radical (unpaired) electrons. The summed E-state index contributed by atoms with van der Waals surface area (Å²) in [5.74, 6) is -1.10. The van der Waals surface area contributed by atoms with Gasteiger partial charge in [-0.15, -0.1) is 12.4 Å². The number of hydrogen-bond donors (Lipinski definition) is 4. The predicted octanol–water partition coefficient (Wildman–Crippen LogP) is 1.62. The van der Waals surface area contributed by atoms with Crippen molar-refractivity contribution in [2.45, 2.75) is 12.5 Å². The number of rotatable bonds is 4. The summed E-state index contributed by atoms with van der Waals surface area (Å²) in [6, 6.07) is 2.22. The molecule has 1 atom stereocenters. The molecule has 0 saturated heterocycles. The largest absolute Gasteiger partial charge is 0.506 e. The zero-order valence-corrected chi connectivity index (χ0v) is 11.3. The maximum absolute atomic E-state index is 10.8. The highest BCUT2D eigenvalue weighted by Crippen LogP contribution is 2.33. The number of halogens is 2. The quantitative estimate of drug-likeness (QED) is 0.672. The van der Waals surface area contributed by atoms with Gasteiger partial charge in [-0.1, -0.05) is 0 Å². The standard InChI is InChI=1S/C10H13BrN2O3.ClH/c11-7-4-5(10(15)16)3-6(9(7)14)8(13)1-2-12;/h3-4,8,14H,1-2,12-13H2,(H,15,16);1H/t8-;/m1./s1. The van der Waals surface area contributed by atoms with Crippen LogP contribution in [-0.2, 0) is 0 Å². The van der Waals surface area contributed by atoms with E-state index in [1.807, 2.05) is 0 Å². The molecule has 0 aliphatic carbocycles. The van der Waals surface area contributed by atoms with Crippen molar-refractivity contribution in [1.29, 1.82) is 0 Å². The van der Waals surface area contributed by atoms with Crippen molar-refractivity contribution >= 4 is 34.3 Å². The molecule has 0 aliphatic rings. The Balaban J connectivity index is 0.00000256. The number of phenols is 1. The van der Waals surface area contributed by atoms with Crippen LogP contribution in [0.1, 0.15) is 28.4 Å². The molecule has 0 bridgehead atoms. The van der Waals surface area contributed by atoms with E-state index >= 15 is 0 Å². The minimum absolute atomic E-state index is 0. The first kappa shape index (κ1) is 16.2.